The molecule has 2 fully saturated rings. The number of Topliss-reactive ketones (excluding diaryl/α,β-unsaturated/α-hetero) is 1. The van der Waals surface area contributed by atoms with Gasteiger partial charge in [-0.15, -0.1) is 0 Å². The quantitative estimate of drug-likeness (QED) is 0.793. The summed E-state index contributed by atoms with van der Waals surface area (Å²) in [5.41, 5.74) is 0. The van der Waals surface area contributed by atoms with Gasteiger partial charge in [-0.2, -0.15) is 0 Å². The third-order valence-electron chi connectivity index (χ3n) is 4.21. The van der Waals surface area contributed by atoms with E-state index >= 15 is 0 Å². The van der Waals surface area contributed by atoms with Crippen LogP contribution in [-0.2, 0) is 4.79 Å². The number of hydrogen-bond donors (Lipinski definition) is 1. The zero-order valence-electron chi connectivity index (χ0n) is 10.3. The SMILES string of the molecule is O=C(CCC1CCCCN1)C1CCCCC1. The summed E-state index contributed by atoms with van der Waals surface area (Å²) in [5, 5.41) is 3.53. The Morgan fingerprint density at radius 3 is 2.44 bits per heavy atom. The van der Waals surface area contributed by atoms with Gasteiger partial charge in [0.2, 0.25) is 0 Å². The summed E-state index contributed by atoms with van der Waals surface area (Å²) in [6, 6.07) is 0.626. The van der Waals surface area contributed by atoms with Crippen molar-refractivity contribution in [2.75, 3.05) is 6.54 Å². The molecule has 0 aromatic heterocycles. The van der Waals surface area contributed by atoms with Gasteiger partial charge in [-0.25, -0.2) is 0 Å². The Kier molecular flexibility index (Phi) is 4.83. The summed E-state index contributed by atoms with van der Waals surface area (Å²) >= 11 is 0. The maximum Gasteiger partial charge on any atom is 0.136 e. The molecule has 0 aromatic rings. The van der Waals surface area contributed by atoms with Gasteiger partial charge in [0.15, 0.2) is 0 Å². The van der Waals surface area contributed by atoms with Gasteiger partial charge in [-0.3, -0.25) is 4.79 Å². The van der Waals surface area contributed by atoms with E-state index in [-0.39, 0.29) is 0 Å². The Morgan fingerprint density at radius 2 is 1.75 bits per heavy atom. The molecule has 1 unspecified atom stereocenters. The fourth-order valence-electron chi connectivity index (χ4n) is 3.12. The summed E-state index contributed by atoms with van der Waals surface area (Å²) in [7, 11) is 0. The normalized spacial score (nSPS) is 27.9. The number of carbonyl (C=O) groups excluding carboxylic acids is 1. The maximum absolute atomic E-state index is 12.0. The molecule has 0 aromatic carbocycles. The summed E-state index contributed by atoms with van der Waals surface area (Å²) in [5.74, 6) is 0.962. The van der Waals surface area contributed by atoms with Gasteiger partial charge in [-0.05, 0) is 38.6 Å². The Labute approximate surface area is 99.2 Å². The van der Waals surface area contributed by atoms with Gasteiger partial charge < -0.3 is 5.32 Å². The van der Waals surface area contributed by atoms with E-state index in [1.165, 1.54) is 38.5 Å². The van der Waals surface area contributed by atoms with Crippen molar-refractivity contribution in [2.45, 2.75) is 70.3 Å². The van der Waals surface area contributed by atoms with Gasteiger partial charge in [0, 0.05) is 18.4 Å². The third kappa shape index (κ3) is 3.58. The smallest absolute Gasteiger partial charge is 0.136 e. The summed E-state index contributed by atoms with van der Waals surface area (Å²) < 4.78 is 0. The van der Waals surface area contributed by atoms with Gasteiger partial charge in [-0.1, -0.05) is 25.7 Å². The first kappa shape index (κ1) is 12.1. The van der Waals surface area contributed by atoms with Crippen LogP contribution in [0.15, 0.2) is 0 Å². The van der Waals surface area contributed by atoms with E-state index in [4.69, 9.17) is 0 Å². The predicted molar refractivity (Wildman–Crippen MR) is 66.5 cm³/mol. The molecule has 1 aliphatic carbocycles. The Balaban J connectivity index is 1.65. The number of piperidine rings is 1. The molecule has 2 nitrogen and oxygen atoms in total. The second-order valence-corrected chi connectivity index (χ2v) is 5.49. The minimum Gasteiger partial charge on any atom is -0.314 e. The molecular formula is C14H25NO. The van der Waals surface area contributed by atoms with Gasteiger partial charge in [0.05, 0.1) is 0 Å². The number of nitrogens with one attached hydrogen (secondary N) is 1. The molecule has 2 aliphatic rings. The van der Waals surface area contributed by atoms with Crippen molar-refractivity contribution in [1.82, 2.24) is 5.32 Å². The molecule has 92 valence electrons. The minimum atomic E-state index is 0.414. The molecule has 2 heteroatoms. The molecule has 0 amide bonds. The van der Waals surface area contributed by atoms with E-state index in [2.05, 4.69) is 5.32 Å². The van der Waals surface area contributed by atoms with E-state index in [0.717, 1.165) is 32.2 Å². The van der Waals surface area contributed by atoms with Crippen molar-refractivity contribution < 1.29 is 4.79 Å². The highest BCUT2D eigenvalue weighted by Crippen LogP contribution is 2.26. The molecule has 1 N–H and O–H groups in total. The van der Waals surface area contributed by atoms with Crippen molar-refractivity contribution in [3.63, 3.8) is 0 Å². The third-order valence-corrected chi connectivity index (χ3v) is 4.21. The van der Waals surface area contributed by atoms with Crippen molar-refractivity contribution in [3.05, 3.63) is 0 Å². The highest BCUT2D eigenvalue weighted by atomic mass is 16.1. The summed E-state index contributed by atoms with van der Waals surface area (Å²) in [6.45, 7) is 1.16. The fraction of sp³-hybridized carbons (Fsp3) is 0.929. The lowest BCUT2D eigenvalue weighted by Crippen LogP contribution is -2.34. The summed E-state index contributed by atoms with van der Waals surface area (Å²) in [6.07, 6.45) is 12.1. The second-order valence-electron chi connectivity index (χ2n) is 5.49. The van der Waals surface area contributed by atoms with Crippen LogP contribution in [0.1, 0.15) is 64.2 Å². The van der Waals surface area contributed by atoms with Crippen molar-refractivity contribution in [1.29, 1.82) is 0 Å². The van der Waals surface area contributed by atoms with Gasteiger partial charge in [0.25, 0.3) is 0 Å². The molecule has 2 rings (SSSR count). The van der Waals surface area contributed by atoms with Crippen molar-refractivity contribution in [3.8, 4) is 0 Å². The Bertz CT molecular complexity index is 215. The number of carbonyl (C=O) groups is 1. The van der Waals surface area contributed by atoms with Gasteiger partial charge in [0.1, 0.15) is 5.78 Å². The van der Waals surface area contributed by atoms with Crippen LogP contribution < -0.4 is 5.32 Å². The summed E-state index contributed by atoms with van der Waals surface area (Å²) in [4.78, 5) is 12.0. The minimum absolute atomic E-state index is 0.414. The van der Waals surface area contributed by atoms with Crippen LogP contribution in [0.4, 0.5) is 0 Å². The van der Waals surface area contributed by atoms with Crippen LogP contribution in [0.5, 0.6) is 0 Å². The predicted octanol–water partition coefficient (Wildman–Crippen LogP) is 3.06. The van der Waals surface area contributed by atoms with Gasteiger partial charge >= 0.3 is 0 Å². The van der Waals surface area contributed by atoms with Crippen molar-refractivity contribution >= 4 is 5.78 Å². The van der Waals surface area contributed by atoms with Crippen LogP contribution in [0.3, 0.4) is 0 Å². The molecule has 16 heavy (non-hydrogen) atoms. The number of hydrogen-bond acceptors (Lipinski definition) is 2. The molecular weight excluding hydrogens is 198 g/mol. The average Bonchev–Trinajstić information content (AvgIpc) is 2.38. The zero-order valence-corrected chi connectivity index (χ0v) is 10.3. The fourth-order valence-corrected chi connectivity index (χ4v) is 3.12. The lowest BCUT2D eigenvalue weighted by Gasteiger charge is -2.25. The van der Waals surface area contributed by atoms with Crippen LogP contribution in [0.2, 0.25) is 0 Å². The molecule has 0 radical (unpaired) electrons. The first-order valence-electron chi connectivity index (χ1n) is 7.12. The Hall–Kier alpha value is -0.370. The first-order chi connectivity index (χ1) is 7.86. The highest BCUT2D eigenvalue weighted by Gasteiger charge is 2.22. The zero-order chi connectivity index (χ0) is 11.2. The Morgan fingerprint density at radius 1 is 1.00 bits per heavy atom. The maximum atomic E-state index is 12.0. The highest BCUT2D eigenvalue weighted by molar-refractivity contribution is 5.81. The largest absolute Gasteiger partial charge is 0.314 e. The second kappa shape index (κ2) is 6.39. The lowest BCUT2D eigenvalue weighted by atomic mass is 9.84. The molecule has 1 saturated heterocycles. The number of ketones is 1. The van der Waals surface area contributed by atoms with E-state index in [1.54, 1.807) is 0 Å². The first-order valence-corrected chi connectivity index (χ1v) is 7.12. The van der Waals surface area contributed by atoms with E-state index in [1.807, 2.05) is 0 Å². The van der Waals surface area contributed by atoms with E-state index in [9.17, 15) is 4.79 Å². The lowest BCUT2D eigenvalue weighted by molar-refractivity contribution is -0.124. The van der Waals surface area contributed by atoms with Crippen LogP contribution in [0, 0.1) is 5.92 Å². The molecule has 1 heterocycles. The molecule has 1 aliphatic heterocycles. The molecule has 0 bridgehead atoms. The van der Waals surface area contributed by atoms with Crippen LogP contribution in [-0.4, -0.2) is 18.4 Å². The molecule has 1 saturated carbocycles. The molecule has 0 spiro atoms. The van der Waals surface area contributed by atoms with Crippen molar-refractivity contribution in [2.24, 2.45) is 5.92 Å². The monoisotopic (exact) mass is 223 g/mol. The number of rotatable bonds is 4. The van der Waals surface area contributed by atoms with Crippen LogP contribution >= 0.6 is 0 Å². The molecule has 1 atom stereocenters. The standard InChI is InChI=1S/C14H25NO/c16-14(12-6-2-1-3-7-12)10-9-13-8-4-5-11-15-13/h12-13,15H,1-11H2. The van der Waals surface area contributed by atoms with E-state index < -0.39 is 0 Å². The van der Waals surface area contributed by atoms with E-state index in [0.29, 0.717) is 17.7 Å². The average molecular weight is 223 g/mol. The topological polar surface area (TPSA) is 29.1 Å². The van der Waals surface area contributed by atoms with Crippen LogP contribution in [0.25, 0.3) is 0 Å².